The highest BCUT2D eigenvalue weighted by molar-refractivity contribution is 7.17. The molecule has 2 rings (SSSR count). The largest absolute Gasteiger partial charge is 0.365 e. The summed E-state index contributed by atoms with van der Waals surface area (Å²) in [6.45, 7) is 0. The van der Waals surface area contributed by atoms with Crippen molar-refractivity contribution in [3.63, 3.8) is 0 Å². The topological polar surface area (TPSA) is 43.1 Å². The molecule has 68 valence electrons. The molecule has 0 atom stereocenters. The van der Waals surface area contributed by atoms with Crippen molar-refractivity contribution >= 4 is 29.7 Å². The Balaban J connectivity index is 0.000000845. The normalized spacial score (nSPS) is 9.54. The second-order valence-electron chi connectivity index (χ2n) is 2.51. The lowest BCUT2D eigenvalue weighted by Gasteiger charge is -1.98. The minimum absolute atomic E-state index is 0. The Kier molecular flexibility index (Phi) is 2.90. The molecule has 0 aromatic carbocycles. The van der Waals surface area contributed by atoms with Crippen molar-refractivity contribution in [2.75, 3.05) is 0 Å². The van der Waals surface area contributed by atoms with Crippen LogP contribution >= 0.6 is 23.7 Å². The molecule has 1 heterocycles. The average Bonchev–Trinajstić information content (AvgIpc) is 2.49. The summed E-state index contributed by atoms with van der Waals surface area (Å²) < 4.78 is 0. The van der Waals surface area contributed by atoms with Gasteiger partial charge in [0.25, 0.3) is 5.91 Å². The van der Waals surface area contributed by atoms with E-state index in [4.69, 9.17) is 5.73 Å². The minimum Gasteiger partial charge on any atom is -0.365 e. The van der Waals surface area contributed by atoms with Crippen LogP contribution in [-0.2, 0) is 0 Å². The third-order valence-electron chi connectivity index (χ3n) is 1.68. The van der Waals surface area contributed by atoms with Gasteiger partial charge in [0.15, 0.2) is 0 Å². The van der Waals surface area contributed by atoms with Gasteiger partial charge in [-0.05, 0) is 17.7 Å². The first kappa shape index (κ1) is 10.0. The van der Waals surface area contributed by atoms with Gasteiger partial charge >= 0.3 is 0 Å². The molecule has 0 spiro atoms. The predicted octanol–water partition coefficient (Wildman–Crippen LogP) is 2.37. The third kappa shape index (κ3) is 1.82. The number of rotatable bonds is 1. The first-order valence-electron chi connectivity index (χ1n) is 3.56. The molecule has 0 unspecified atom stereocenters. The summed E-state index contributed by atoms with van der Waals surface area (Å²) in [6.07, 6.45) is 0. The van der Waals surface area contributed by atoms with Gasteiger partial charge in [0.2, 0.25) is 0 Å². The van der Waals surface area contributed by atoms with Crippen LogP contribution in [0.3, 0.4) is 0 Å². The Morgan fingerprint density at radius 1 is 1.23 bits per heavy atom. The number of nitrogens with two attached hydrogens (primary N) is 1. The van der Waals surface area contributed by atoms with E-state index in [1.165, 1.54) is 11.3 Å². The zero-order valence-electron chi connectivity index (χ0n) is 6.69. The van der Waals surface area contributed by atoms with E-state index >= 15 is 0 Å². The van der Waals surface area contributed by atoms with Crippen LogP contribution in [0.1, 0.15) is 9.67 Å². The van der Waals surface area contributed by atoms with E-state index in [1.807, 2.05) is 24.3 Å². The lowest BCUT2D eigenvalue weighted by molar-refractivity contribution is 0.100. The molecule has 2 nitrogen and oxygen atoms in total. The summed E-state index contributed by atoms with van der Waals surface area (Å²) in [5, 5.41) is 0. The van der Waals surface area contributed by atoms with E-state index < -0.39 is 0 Å². The van der Waals surface area contributed by atoms with Crippen molar-refractivity contribution in [1.82, 2.24) is 0 Å². The van der Waals surface area contributed by atoms with Crippen molar-refractivity contribution in [1.29, 1.82) is 0 Å². The molecule has 0 aromatic heterocycles. The third-order valence-corrected chi connectivity index (χ3v) is 2.83. The van der Waals surface area contributed by atoms with Gasteiger partial charge in [-0.25, -0.2) is 0 Å². The molecule has 2 aliphatic rings. The van der Waals surface area contributed by atoms with Crippen LogP contribution in [0, 0.1) is 0 Å². The summed E-state index contributed by atoms with van der Waals surface area (Å²) in [6, 6.07) is 9.62. The highest BCUT2D eigenvalue weighted by atomic mass is 35.5. The summed E-state index contributed by atoms with van der Waals surface area (Å²) in [7, 11) is 0. The fourth-order valence-electron chi connectivity index (χ4n) is 1.10. The highest BCUT2D eigenvalue weighted by Gasteiger charge is 2.06. The number of carbonyl (C=O) groups is 1. The molecule has 1 amide bonds. The van der Waals surface area contributed by atoms with Gasteiger partial charge in [0.1, 0.15) is 0 Å². The molecule has 2 N–H and O–H groups in total. The summed E-state index contributed by atoms with van der Waals surface area (Å²) in [4.78, 5) is 12.5. The van der Waals surface area contributed by atoms with Crippen LogP contribution < -0.4 is 5.73 Å². The molecule has 0 saturated heterocycles. The van der Waals surface area contributed by atoms with E-state index in [0.717, 1.165) is 10.4 Å². The van der Waals surface area contributed by atoms with Crippen LogP contribution in [0.4, 0.5) is 0 Å². The summed E-state index contributed by atoms with van der Waals surface area (Å²) in [5.74, 6) is -0.358. The van der Waals surface area contributed by atoms with Gasteiger partial charge < -0.3 is 5.73 Å². The molecule has 0 bridgehead atoms. The number of fused-ring (bicyclic) bond motifs is 1. The molecule has 0 radical (unpaired) electrons. The Labute approximate surface area is 86.1 Å². The highest BCUT2D eigenvalue weighted by Crippen LogP contribution is 2.28. The van der Waals surface area contributed by atoms with Crippen LogP contribution in [-0.4, -0.2) is 5.91 Å². The van der Waals surface area contributed by atoms with Gasteiger partial charge in [0, 0.05) is 4.88 Å². The van der Waals surface area contributed by atoms with Gasteiger partial charge in [-0.2, -0.15) is 0 Å². The molecule has 13 heavy (non-hydrogen) atoms. The van der Waals surface area contributed by atoms with E-state index in [9.17, 15) is 4.79 Å². The van der Waals surface area contributed by atoms with Crippen LogP contribution in [0.15, 0.2) is 30.3 Å². The molecule has 0 fully saturated rings. The maximum absolute atomic E-state index is 10.8. The number of amides is 1. The number of carbonyl (C=O) groups excluding carboxylic acids is 1. The average molecular weight is 214 g/mol. The molecule has 4 heteroatoms. The number of primary amides is 1. The molecule has 0 saturated carbocycles. The maximum atomic E-state index is 10.8. The van der Waals surface area contributed by atoms with Crippen LogP contribution in [0.2, 0.25) is 0 Å². The Morgan fingerprint density at radius 3 is 2.69 bits per heavy atom. The number of hydrogen-bond acceptors (Lipinski definition) is 2. The summed E-state index contributed by atoms with van der Waals surface area (Å²) in [5.41, 5.74) is 6.30. The lowest BCUT2D eigenvalue weighted by Crippen LogP contribution is -2.09. The second kappa shape index (κ2) is 3.77. The molecule has 1 aliphatic heterocycles. The van der Waals surface area contributed by atoms with Crippen molar-refractivity contribution in [3.05, 3.63) is 35.2 Å². The van der Waals surface area contributed by atoms with Crippen molar-refractivity contribution < 1.29 is 4.79 Å². The maximum Gasteiger partial charge on any atom is 0.258 e. The zero-order valence-corrected chi connectivity index (χ0v) is 8.32. The fourth-order valence-corrected chi connectivity index (χ4v) is 1.97. The Hall–Kier alpha value is -1.06. The van der Waals surface area contributed by atoms with Crippen LogP contribution in [0.25, 0.3) is 10.4 Å². The van der Waals surface area contributed by atoms with E-state index in [0.29, 0.717) is 4.88 Å². The van der Waals surface area contributed by atoms with E-state index in [2.05, 4.69) is 0 Å². The van der Waals surface area contributed by atoms with E-state index in [1.54, 1.807) is 6.07 Å². The van der Waals surface area contributed by atoms with Crippen molar-refractivity contribution in [3.8, 4) is 10.4 Å². The van der Waals surface area contributed by atoms with Crippen molar-refractivity contribution in [2.45, 2.75) is 0 Å². The van der Waals surface area contributed by atoms with Crippen LogP contribution in [0.5, 0.6) is 0 Å². The molecule has 0 aromatic rings. The lowest BCUT2D eigenvalue weighted by atomic mass is 10.3. The Bertz CT molecular complexity index is 399. The Morgan fingerprint density at radius 2 is 2.00 bits per heavy atom. The van der Waals surface area contributed by atoms with Gasteiger partial charge in [-0.15, -0.1) is 23.7 Å². The standard InChI is InChI=1S/C9H7NOS.ClH/c10-9(11)8-5-4-6-2-1-3-7(6)12-8;/h1-5H,(H2,10,11);1H. The minimum atomic E-state index is -0.358. The van der Waals surface area contributed by atoms with Gasteiger partial charge in [0.05, 0.1) is 4.88 Å². The smallest absolute Gasteiger partial charge is 0.258 e. The molecular weight excluding hydrogens is 206 g/mol. The molecule has 1 aliphatic carbocycles. The SMILES string of the molecule is Cl.NC(=O)c1ccc2cccc-2s1. The second-order valence-corrected chi connectivity index (χ2v) is 3.59. The molecular formula is C9H8ClNOS. The fraction of sp³-hybridized carbons (Fsp3) is 0. The van der Waals surface area contributed by atoms with E-state index in [-0.39, 0.29) is 18.3 Å². The first-order valence-corrected chi connectivity index (χ1v) is 4.37. The summed E-state index contributed by atoms with van der Waals surface area (Å²) >= 11 is 1.43. The number of halogens is 1. The van der Waals surface area contributed by atoms with Crippen molar-refractivity contribution in [2.24, 2.45) is 5.73 Å². The quantitative estimate of drug-likeness (QED) is 0.777. The number of hydrogen-bond donors (Lipinski definition) is 1. The monoisotopic (exact) mass is 213 g/mol. The zero-order chi connectivity index (χ0) is 8.55. The van der Waals surface area contributed by atoms with Gasteiger partial charge in [-0.1, -0.05) is 18.2 Å². The predicted molar refractivity (Wildman–Crippen MR) is 56.7 cm³/mol. The van der Waals surface area contributed by atoms with Gasteiger partial charge in [-0.3, -0.25) is 4.79 Å². The first-order chi connectivity index (χ1) is 5.77.